The molecule has 0 bridgehead atoms. The van der Waals surface area contributed by atoms with Crippen molar-refractivity contribution in [2.75, 3.05) is 11.4 Å². The summed E-state index contributed by atoms with van der Waals surface area (Å²) in [5, 5.41) is 0. The Balaban J connectivity index is 2.47. The largest absolute Gasteiger partial charge is 0.312 e. The molecule has 1 aromatic rings. The minimum absolute atomic E-state index is 0.229. The number of hydrogen-bond donors (Lipinski definition) is 1. The lowest BCUT2D eigenvalue weighted by Gasteiger charge is -2.28. The summed E-state index contributed by atoms with van der Waals surface area (Å²) in [6.45, 7) is 2.75. The Bertz CT molecular complexity index is 376. The van der Waals surface area contributed by atoms with E-state index in [0.29, 0.717) is 6.42 Å². The number of carbonyl (C=O) groups excluding carboxylic acids is 1. The molecule has 1 amide bonds. The van der Waals surface area contributed by atoms with Crippen LogP contribution in [0.5, 0.6) is 0 Å². The molecule has 1 heterocycles. The summed E-state index contributed by atoms with van der Waals surface area (Å²) < 4.78 is 0. The van der Waals surface area contributed by atoms with Gasteiger partial charge in [-0.2, -0.15) is 0 Å². The van der Waals surface area contributed by atoms with Gasteiger partial charge in [-0.05, 0) is 37.1 Å². The van der Waals surface area contributed by atoms with E-state index in [0.717, 1.165) is 23.5 Å². The van der Waals surface area contributed by atoms with Crippen molar-refractivity contribution in [2.24, 2.45) is 0 Å². The van der Waals surface area contributed by atoms with Gasteiger partial charge in [-0.25, -0.2) is 0 Å². The Labute approximate surface area is 89.3 Å². The lowest BCUT2D eigenvalue weighted by atomic mass is 10.0. The predicted octanol–water partition coefficient (Wildman–Crippen LogP) is 2.27. The molecule has 0 atom stereocenters. The van der Waals surface area contributed by atoms with Crippen molar-refractivity contribution in [3.63, 3.8) is 0 Å². The number of benzene rings is 1. The van der Waals surface area contributed by atoms with Gasteiger partial charge in [0.15, 0.2) is 0 Å². The molecule has 1 aliphatic rings. The van der Waals surface area contributed by atoms with Crippen molar-refractivity contribution in [3.8, 4) is 0 Å². The van der Waals surface area contributed by atoms with Crippen LogP contribution in [0.4, 0.5) is 5.69 Å². The molecule has 1 aromatic carbocycles. The second-order valence-electron chi connectivity index (χ2n) is 3.45. The van der Waals surface area contributed by atoms with Crippen LogP contribution in [0.2, 0.25) is 0 Å². The molecule has 0 fully saturated rings. The molecular weight excluding hydrogens is 194 g/mol. The highest BCUT2D eigenvalue weighted by atomic mass is 32.1. The molecule has 74 valence electrons. The summed E-state index contributed by atoms with van der Waals surface area (Å²) in [5.74, 6) is 0.229. The summed E-state index contributed by atoms with van der Waals surface area (Å²) in [6, 6.07) is 5.97. The zero-order valence-corrected chi connectivity index (χ0v) is 9.05. The monoisotopic (exact) mass is 207 g/mol. The minimum Gasteiger partial charge on any atom is -0.312 e. The molecule has 1 aliphatic heterocycles. The molecule has 0 unspecified atom stereocenters. The van der Waals surface area contributed by atoms with E-state index in [1.807, 2.05) is 30.0 Å². The number of thiol groups is 1. The molecule has 0 saturated carbocycles. The molecule has 0 saturated heterocycles. The van der Waals surface area contributed by atoms with Crippen LogP contribution >= 0.6 is 12.6 Å². The molecule has 0 aliphatic carbocycles. The number of anilines is 1. The quantitative estimate of drug-likeness (QED) is 0.700. The van der Waals surface area contributed by atoms with E-state index in [2.05, 4.69) is 12.6 Å². The third-order valence-electron chi connectivity index (χ3n) is 2.58. The normalized spacial score (nSPS) is 15.6. The van der Waals surface area contributed by atoms with Crippen LogP contribution in [0.3, 0.4) is 0 Å². The maximum absolute atomic E-state index is 11.6. The lowest BCUT2D eigenvalue weighted by molar-refractivity contribution is -0.118. The van der Waals surface area contributed by atoms with Crippen LogP contribution < -0.4 is 4.90 Å². The topological polar surface area (TPSA) is 20.3 Å². The van der Waals surface area contributed by atoms with E-state index in [4.69, 9.17) is 0 Å². The highest BCUT2D eigenvalue weighted by Crippen LogP contribution is 2.29. The molecule has 2 nitrogen and oxygen atoms in total. The van der Waals surface area contributed by atoms with Crippen molar-refractivity contribution in [2.45, 2.75) is 24.7 Å². The van der Waals surface area contributed by atoms with Gasteiger partial charge in [0.25, 0.3) is 0 Å². The second kappa shape index (κ2) is 3.65. The Kier molecular flexibility index (Phi) is 2.50. The molecule has 0 spiro atoms. The molecule has 0 aromatic heterocycles. The Morgan fingerprint density at radius 1 is 1.43 bits per heavy atom. The zero-order valence-electron chi connectivity index (χ0n) is 8.16. The van der Waals surface area contributed by atoms with E-state index in [1.54, 1.807) is 0 Å². The van der Waals surface area contributed by atoms with E-state index < -0.39 is 0 Å². The van der Waals surface area contributed by atoms with Crippen molar-refractivity contribution in [1.82, 2.24) is 0 Å². The van der Waals surface area contributed by atoms with Gasteiger partial charge in [-0.3, -0.25) is 4.79 Å². The number of nitrogens with zero attached hydrogens (tertiary/aromatic N) is 1. The summed E-state index contributed by atoms with van der Waals surface area (Å²) in [7, 11) is 0. The van der Waals surface area contributed by atoms with Crippen LogP contribution in [0, 0.1) is 0 Å². The maximum Gasteiger partial charge on any atom is 0.227 e. The number of amides is 1. The Morgan fingerprint density at radius 3 is 2.93 bits per heavy atom. The first-order valence-corrected chi connectivity index (χ1v) is 5.29. The number of carbonyl (C=O) groups is 1. The van der Waals surface area contributed by atoms with E-state index in [9.17, 15) is 4.79 Å². The van der Waals surface area contributed by atoms with Gasteiger partial charge in [0.1, 0.15) is 0 Å². The average Bonchev–Trinajstić information content (AvgIpc) is 2.18. The molecule has 3 heteroatoms. The van der Waals surface area contributed by atoms with Gasteiger partial charge in [0.2, 0.25) is 5.91 Å². The van der Waals surface area contributed by atoms with Crippen LogP contribution in [0.15, 0.2) is 23.1 Å². The first-order valence-electron chi connectivity index (χ1n) is 4.84. The number of hydrogen-bond acceptors (Lipinski definition) is 2. The maximum atomic E-state index is 11.6. The first-order chi connectivity index (χ1) is 6.72. The molecule has 0 N–H and O–H groups in total. The van der Waals surface area contributed by atoms with Crippen LogP contribution in [0.1, 0.15) is 18.9 Å². The summed E-state index contributed by atoms with van der Waals surface area (Å²) in [5.41, 5.74) is 2.29. The van der Waals surface area contributed by atoms with E-state index in [1.165, 1.54) is 5.56 Å². The highest BCUT2D eigenvalue weighted by Gasteiger charge is 2.22. The van der Waals surface area contributed by atoms with Gasteiger partial charge in [0, 0.05) is 23.5 Å². The highest BCUT2D eigenvalue weighted by molar-refractivity contribution is 7.80. The van der Waals surface area contributed by atoms with Crippen LogP contribution in [-0.4, -0.2) is 12.5 Å². The molecule has 0 radical (unpaired) electrons. The summed E-state index contributed by atoms with van der Waals surface area (Å²) in [4.78, 5) is 14.4. The average molecular weight is 207 g/mol. The smallest absolute Gasteiger partial charge is 0.227 e. The van der Waals surface area contributed by atoms with E-state index >= 15 is 0 Å². The summed E-state index contributed by atoms with van der Waals surface area (Å²) >= 11 is 4.30. The molecule has 2 rings (SSSR count). The molecular formula is C11H13NOS. The van der Waals surface area contributed by atoms with Crippen molar-refractivity contribution >= 4 is 24.2 Å². The minimum atomic E-state index is 0.229. The molecule has 14 heavy (non-hydrogen) atoms. The fourth-order valence-electron chi connectivity index (χ4n) is 1.89. The van der Waals surface area contributed by atoms with Gasteiger partial charge in [0.05, 0.1) is 0 Å². The Hall–Kier alpha value is -0.960. The number of rotatable bonds is 1. The van der Waals surface area contributed by atoms with Crippen molar-refractivity contribution in [3.05, 3.63) is 23.8 Å². The SMILES string of the molecule is CCN1C(=O)CCc2cc(S)ccc21. The fraction of sp³-hybridized carbons (Fsp3) is 0.364. The fourth-order valence-corrected chi connectivity index (χ4v) is 2.12. The van der Waals surface area contributed by atoms with Crippen molar-refractivity contribution < 1.29 is 4.79 Å². The zero-order chi connectivity index (χ0) is 10.1. The lowest BCUT2D eigenvalue weighted by Crippen LogP contribution is -2.34. The third-order valence-corrected chi connectivity index (χ3v) is 2.86. The van der Waals surface area contributed by atoms with Gasteiger partial charge in [-0.15, -0.1) is 12.6 Å². The van der Waals surface area contributed by atoms with Crippen LogP contribution in [-0.2, 0) is 11.2 Å². The van der Waals surface area contributed by atoms with Gasteiger partial charge in [-0.1, -0.05) is 0 Å². The summed E-state index contributed by atoms with van der Waals surface area (Å²) in [6.07, 6.45) is 1.47. The van der Waals surface area contributed by atoms with Gasteiger partial charge >= 0.3 is 0 Å². The van der Waals surface area contributed by atoms with Gasteiger partial charge < -0.3 is 4.90 Å². The Morgan fingerprint density at radius 2 is 2.21 bits per heavy atom. The number of aryl methyl sites for hydroxylation is 1. The van der Waals surface area contributed by atoms with Crippen LogP contribution in [0.25, 0.3) is 0 Å². The standard InChI is InChI=1S/C11H13NOS/c1-2-12-10-5-4-9(14)7-8(10)3-6-11(12)13/h4-5,7,14H,2-3,6H2,1H3. The predicted molar refractivity (Wildman–Crippen MR) is 60.0 cm³/mol. The first kappa shape index (κ1) is 9.59. The van der Waals surface area contributed by atoms with Crippen molar-refractivity contribution in [1.29, 1.82) is 0 Å². The second-order valence-corrected chi connectivity index (χ2v) is 3.97. The third kappa shape index (κ3) is 1.52. The number of fused-ring (bicyclic) bond motifs is 1. The van der Waals surface area contributed by atoms with E-state index in [-0.39, 0.29) is 5.91 Å².